The molecule has 0 bridgehead atoms. The molecule has 0 radical (unpaired) electrons. The van der Waals surface area contributed by atoms with Gasteiger partial charge in [-0.15, -0.1) is 0 Å². The summed E-state index contributed by atoms with van der Waals surface area (Å²) in [5.74, 6) is 0.846. The van der Waals surface area contributed by atoms with Crippen molar-refractivity contribution in [3.05, 3.63) is 42.0 Å². The standard InChI is InChI=1S/C18H18N2O6/c1-23-14-7-11(8-15-17(14)25-6-5-24-15)18(22)20-12-3-2-4-13(9-12)26-10-16(19)21/h2-4,7-9H,5-6,10H2,1H3,(H2,19,21)(H,20,22). The predicted octanol–water partition coefficient (Wildman–Crippen LogP) is 1.58. The highest BCUT2D eigenvalue weighted by atomic mass is 16.6. The lowest BCUT2D eigenvalue weighted by molar-refractivity contribution is -0.119. The second-order valence-electron chi connectivity index (χ2n) is 5.44. The Kier molecular flexibility index (Phi) is 5.12. The summed E-state index contributed by atoms with van der Waals surface area (Å²) < 4.78 is 21.6. The van der Waals surface area contributed by atoms with Gasteiger partial charge in [0.1, 0.15) is 19.0 Å². The van der Waals surface area contributed by atoms with Crippen molar-refractivity contribution in [1.29, 1.82) is 0 Å². The molecule has 0 saturated heterocycles. The zero-order chi connectivity index (χ0) is 18.5. The van der Waals surface area contributed by atoms with Gasteiger partial charge in [-0.1, -0.05) is 6.07 Å². The van der Waals surface area contributed by atoms with Crippen molar-refractivity contribution in [1.82, 2.24) is 0 Å². The molecule has 2 aromatic rings. The highest BCUT2D eigenvalue weighted by Crippen LogP contribution is 2.40. The first-order valence-corrected chi connectivity index (χ1v) is 7.87. The molecule has 2 aromatic carbocycles. The maximum Gasteiger partial charge on any atom is 0.255 e. The van der Waals surface area contributed by atoms with Gasteiger partial charge in [-0.2, -0.15) is 0 Å². The minimum absolute atomic E-state index is 0.239. The smallest absolute Gasteiger partial charge is 0.255 e. The molecule has 0 unspecified atom stereocenters. The molecule has 1 aliphatic rings. The zero-order valence-electron chi connectivity index (χ0n) is 14.1. The number of hydrogen-bond donors (Lipinski definition) is 2. The summed E-state index contributed by atoms with van der Waals surface area (Å²) in [4.78, 5) is 23.4. The molecule has 0 spiro atoms. The largest absolute Gasteiger partial charge is 0.493 e. The van der Waals surface area contributed by atoms with Crippen molar-refractivity contribution in [3.63, 3.8) is 0 Å². The first kappa shape index (κ1) is 17.4. The lowest BCUT2D eigenvalue weighted by Crippen LogP contribution is -2.20. The van der Waals surface area contributed by atoms with Crippen LogP contribution in [0.1, 0.15) is 10.4 Å². The Morgan fingerprint density at radius 2 is 2.00 bits per heavy atom. The average molecular weight is 358 g/mol. The molecule has 0 saturated carbocycles. The highest BCUT2D eigenvalue weighted by Gasteiger charge is 2.21. The summed E-state index contributed by atoms with van der Waals surface area (Å²) in [5, 5.41) is 2.76. The van der Waals surface area contributed by atoms with Gasteiger partial charge < -0.3 is 30.0 Å². The van der Waals surface area contributed by atoms with Crippen molar-refractivity contribution in [2.75, 3.05) is 32.2 Å². The first-order valence-electron chi connectivity index (χ1n) is 7.87. The molecule has 136 valence electrons. The summed E-state index contributed by atoms with van der Waals surface area (Å²) in [5.41, 5.74) is 5.91. The van der Waals surface area contributed by atoms with Gasteiger partial charge in [0, 0.05) is 17.3 Å². The minimum Gasteiger partial charge on any atom is -0.493 e. The molecule has 0 atom stereocenters. The van der Waals surface area contributed by atoms with E-state index in [-0.39, 0.29) is 12.5 Å². The number of rotatable bonds is 6. The number of hydrogen-bond acceptors (Lipinski definition) is 6. The molecule has 3 rings (SSSR count). The number of primary amides is 1. The van der Waals surface area contributed by atoms with Crippen molar-refractivity contribution in [2.45, 2.75) is 0 Å². The van der Waals surface area contributed by atoms with Gasteiger partial charge in [0.15, 0.2) is 18.1 Å². The molecule has 0 aromatic heterocycles. The SMILES string of the molecule is COc1cc(C(=O)Nc2cccc(OCC(N)=O)c2)cc2c1OCCO2. The average Bonchev–Trinajstić information content (AvgIpc) is 2.65. The van der Waals surface area contributed by atoms with Crippen molar-refractivity contribution in [2.24, 2.45) is 5.73 Å². The van der Waals surface area contributed by atoms with E-state index in [0.717, 1.165) is 0 Å². The molecule has 0 fully saturated rings. The molecule has 3 N–H and O–H groups in total. The van der Waals surface area contributed by atoms with E-state index in [9.17, 15) is 9.59 Å². The van der Waals surface area contributed by atoms with Crippen LogP contribution in [0.15, 0.2) is 36.4 Å². The number of ether oxygens (including phenoxy) is 4. The molecule has 0 aliphatic carbocycles. The maximum absolute atomic E-state index is 12.6. The van der Waals surface area contributed by atoms with E-state index in [1.165, 1.54) is 7.11 Å². The van der Waals surface area contributed by atoms with E-state index in [2.05, 4.69) is 5.32 Å². The van der Waals surface area contributed by atoms with Crippen LogP contribution in [0.4, 0.5) is 5.69 Å². The number of amides is 2. The van der Waals surface area contributed by atoms with Crippen LogP contribution in [0.2, 0.25) is 0 Å². The fourth-order valence-electron chi connectivity index (χ4n) is 2.43. The second-order valence-corrected chi connectivity index (χ2v) is 5.44. The second kappa shape index (κ2) is 7.64. The van der Waals surface area contributed by atoms with Gasteiger partial charge in [-0.05, 0) is 24.3 Å². The minimum atomic E-state index is -0.581. The summed E-state index contributed by atoms with van der Waals surface area (Å²) in [6.45, 7) is 0.588. The Bertz CT molecular complexity index is 819. The van der Waals surface area contributed by atoms with E-state index in [0.29, 0.717) is 47.5 Å². The maximum atomic E-state index is 12.6. The highest BCUT2D eigenvalue weighted by molar-refractivity contribution is 6.05. The van der Waals surface area contributed by atoms with E-state index in [1.54, 1.807) is 36.4 Å². The van der Waals surface area contributed by atoms with Gasteiger partial charge in [0.2, 0.25) is 5.75 Å². The van der Waals surface area contributed by atoms with Gasteiger partial charge in [-0.3, -0.25) is 9.59 Å². The van der Waals surface area contributed by atoms with Gasteiger partial charge in [0.05, 0.1) is 7.11 Å². The van der Waals surface area contributed by atoms with Gasteiger partial charge in [0.25, 0.3) is 11.8 Å². The third kappa shape index (κ3) is 3.97. The zero-order valence-corrected chi connectivity index (χ0v) is 14.1. The summed E-state index contributed by atoms with van der Waals surface area (Å²) in [6, 6.07) is 9.82. The van der Waals surface area contributed by atoms with Crippen LogP contribution in [0, 0.1) is 0 Å². The molecular formula is C18H18N2O6. The van der Waals surface area contributed by atoms with Crippen LogP contribution in [-0.4, -0.2) is 38.7 Å². The van der Waals surface area contributed by atoms with E-state index < -0.39 is 5.91 Å². The first-order chi connectivity index (χ1) is 12.6. The molecule has 8 nitrogen and oxygen atoms in total. The summed E-state index contributed by atoms with van der Waals surface area (Å²) >= 11 is 0. The molecule has 2 amide bonds. The van der Waals surface area contributed by atoms with Gasteiger partial charge >= 0.3 is 0 Å². The summed E-state index contributed by atoms with van der Waals surface area (Å²) in [6.07, 6.45) is 0. The third-order valence-corrected chi connectivity index (χ3v) is 3.56. The van der Waals surface area contributed by atoms with Crippen LogP contribution in [0.3, 0.4) is 0 Å². The molecule has 1 aliphatic heterocycles. The Morgan fingerprint density at radius 1 is 1.19 bits per heavy atom. The van der Waals surface area contributed by atoms with Crippen LogP contribution < -0.4 is 30.0 Å². The fraction of sp³-hybridized carbons (Fsp3) is 0.222. The van der Waals surface area contributed by atoms with Crippen LogP contribution in [0.25, 0.3) is 0 Å². The number of methoxy groups -OCH3 is 1. The van der Waals surface area contributed by atoms with Crippen molar-refractivity contribution >= 4 is 17.5 Å². The summed E-state index contributed by atoms with van der Waals surface area (Å²) in [7, 11) is 1.49. The quantitative estimate of drug-likeness (QED) is 0.811. The van der Waals surface area contributed by atoms with Crippen LogP contribution in [-0.2, 0) is 4.79 Å². The number of carbonyl (C=O) groups excluding carboxylic acids is 2. The number of nitrogens with two attached hydrogens (primary N) is 1. The van der Waals surface area contributed by atoms with E-state index >= 15 is 0 Å². The number of anilines is 1. The molecule has 26 heavy (non-hydrogen) atoms. The number of nitrogens with one attached hydrogen (secondary N) is 1. The normalized spacial score (nSPS) is 12.2. The number of benzene rings is 2. The van der Waals surface area contributed by atoms with E-state index in [4.69, 9.17) is 24.7 Å². The van der Waals surface area contributed by atoms with E-state index in [1.807, 2.05) is 0 Å². The lowest BCUT2D eigenvalue weighted by Gasteiger charge is -2.21. The fourth-order valence-corrected chi connectivity index (χ4v) is 2.43. The number of fused-ring (bicyclic) bond motifs is 1. The van der Waals surface area contributed by atoms with Crippen molar-refractivity contribution < 1.29 is 28.5 Å². The third-order valence-electron chi connectivity index (χ3n) is 3.56. The molecule has 1 heterocycles. The van der Waals surface area contributed by atoms with Crippen molar-refractivity contribution in [3.8, 4) is 23.0 Å². The molecule has 8 heteroatoms. The topological polar surface area (TPSA) is 109 Å². The van der Waals surface area contributed by atoms with Crippen LogP contribution >= 0.6 is 0 Å². The van der Waals surface area contributed by atoms with Crippen LogP contribution in [0.5, 0.6) is 23.0 Å². The monoisotopic (exact) mass is 358 g/mol. The van der Waals surface area contributed by atoms with Gasteiger partial charge in [-0.25, -0.2) is 0 Å². The Hall–Kier alpha value is -3.42. The Morgan fingerprint density at radius 3 is 2.77 bits per heavy atom. The molecular weight excluding hydrogens is 340 g/mol. The Balaban J connectivity index is 1.78. The predicted molar refractivity (Wildman–Crippen MR) is 93.1 cm³/mol. The number of carbonyl (C=O) groups is 2. The Labute approximate surface area is 149 Å². The lowest BCUT2D eigenvalue weighted by atomic mass is 10.1.